The molecule has 4 rings (SSSR count). The Labute approximate surface area is 160 Å². The van der Waals surface area contributed by atoms with Crippen LogP contribution in [-0.4, -0.2) is 39.5 Å². The number of anilines is 2. The maximum absolute atomic E-state index is 13.8. The number of aromatic nitrogens is 3. The summed E-state index contributed by atoms with van der Waals surface area (Å²) in [5.41, 5.74) is 0.126. The van der Waals surface area contributed by atoms with Crippen LogP contribution < -0.4 is 10.2 Å². The topological polar surface area (TPSA) is 63.1 Å². The SMILES string of the molecule is O=C(CSc1nnc(N2CCCC2)n1C1CC1)Nc1ccc(Cl)cc1F. The van der Waals surface area contributed by atoms with Crippen molar-refractivity contribution in [3.05, 3.63) is 29.0 Å². The molecule has 1 saturated heterocycles. The van der Waals surface area contributed by atoms with Gasteiger partial charge in [0.1, 0.15) is 5.82 Å². The highest BCUT2D eigenvalue weighted by atomic mass is 35.5. The van der Waals surface area contributed by atoms with E-state index in [0.29, 0.717) is 11.1 Å². The molecule has 2 aromatic rings. The molecule has 0 unspecified atom stereocenters. The molecule has 1 aliphatic carbocycles. The van der Waals surface area contributed by atoms with Crippen LogP contribution in [0.1, 0.15) is 31.7 Å². The highest BCUT2D eigenvalue weighted by Gasteiger charge is 2.32. The number of halogens is 2. The maximum Gasteiger partial charge on any atom is 0.234 e. The lowest BCUT2D eigenvalue weighted by molar-refractivity contribution is -0.113. The minimum absolute atomic E-state index is 0.126. The van der Waals surface area contributed by atoms with Gasteiger partial charge in [-0.25, -0.2) is 4.39 Å². The number of hydrogen-bond acceptors (Lipinski definition) is 5. The monoisotopic (exact) mass is 395 g/mol. The van der Waals surface area contributed by atoms with Gasteiger partial charge in [0, 0.05) is 24.2 Å². The van der Waals surface area contributed by atoms with Crippen LogP contribution in [0.15, 0.2) is 23.4 Å². The second-order valence-electron chi connectivity index (χ2n) is 6.54. The first kappa shape index (κ1) is 17.6. The van der Waals surface area contributed by atoms with Gasteiger partial charge in [-0.15, -0.1) is 10.2 Å². The van der Waals surface area contributed by atoms with Crippen molar-refractivity contribution < 1.29 is 9.18 Å². The molecule has 1 saturated carbocycles. The lowest BCUT2D eigenvalue weighted by Gasteiger charge is -2.17. The van der Waals surface area contributed by atoms with Crippen molar-refractivity contribution in [1.29, 1.82) is 0 Å². The summed E-state index contributed by atoms with van der Waals surface area (Å²) in [7, 11) is 0. The van der Waals surface area contributed by atoms with E-state index in [1.165, 1.54) is 36.7 Å². The van der Waals surface area contributed by atoms with Crippen molar-refractivity contribution in [2.45, 2.75) is 36.9 Å². The molecule has 6 nitrogen and oxygen atoms in total. The summed E-state index contributed by atoms with van der Waals surface area (Å²) in [6.07, 6.45) is 4.59. The highest BCUT2D eigenvalue weighted by Crippen LogP contribution is 2.41. The number of nitrogens with zero attached hydrogens (tertiary/aromatic N) is 4. The molecule has 1 amide bonds. The van der Waals surface area contributed by atoms with Gasteiger partial charge in [-0.3, -0.25) is 9.36 Å². The molecule has 0 atom stereocenters. The van der Waals surface area contributed by atoms with Crippen LogP contribution >= 0.6 is 23.4 Å². The molecule has 0 radical (unpaired) electrons. The maximum atomic E-state index is 13.8. The van der Waals surface area contributed by atoms with Crippen LogP contribution in [0.3, 0.4) is 0 Å². The largest absolute Gasteiger partial charge is 0.341 e. The van der Waals surface area contributed by atoms with Crippen molar-refractivity contribution in [3.8, 4) is 0 Å². The smallest absolute Gasteiger partial charge is 0.234 e. The third-order valence-electron chi connectivity index (χ3n) is 4.49. The molecule has 138 valence electrons. The van der Waals surface area contributed by atoms with E-state index < -0.39 is 5.82 Å². The lowest BCUT2D eigenvalue weighted by Crippen LogP contribution is -2.22. The molecule has 0 bridgehead atoms. The van der Waals surface area contributed by atoms with E-state index in [2.05, 4.69) is 25.0 Å². The Balaban J connectivity index is 1.42. The normalized spacial score (nSPS) is 16.9. The molecule has 1 aliphatic heterocycles. The van der Waals surface area contributed by atoms with E-state index in [0.717, 1.165) is 37.0 Å². The molecular weight excluding hydrogens is 377 g/mol. The van der Waals surface area contributed by atoms with Crippen LogP contribution in [0.25, 0.3) is 0 Å². The number of benzene rings is 1. The first-order valence-electron chi connectivity index (χ1n) is 8.69. The summed E-state index contributed by atoms with van der Waals surface area (Å²) in [5, 5.41) is 12.3. The summed E-state index contributed by atoms with van der Waals surface area (Å²) < 4.78 is 15.9. The number of carbonyl (C=O) groups is 1. The molecule has 2 heterocycles. The molecular formula is C17H19ClFN5OS. The summed E-state index contributed by atoms with van der Waals surface area (Å²) in [4.78, 5) is 14.4. The van der Waals surface area contributed by atoms with Crippen molar-refractivity contribution in [1.82, 2.24) is 14.8 Å². The van der Waals surface area contributed by atoms with Crippen molar-refractivity contribution in [2.75, 3.05) is 29.1 Å². The Hall–Kier alpha value is -1.80. The minimum Gasteiger partial charge on any atom is -0.341 e. The van der Waals surface area contributed by atoms with Crippen molar-refractivity contribution >= 4 is 40.9 Å². The molecule has 26 heavy (non-hydrogen) atoms. The quantitative estimate of drug-likeness (QED) is 0.755. The third-order valence-corrected chi connectivity index (χ3v) is 5.66. The highest BCUT2D eigenvalue weighted by molar-refractivity contribution is 7.99. The van der Waals surface area contributed by atoms with Crippen LogP contribution in [0.2, 0.25) is 5.02 Å². The fourth-order valence-corrected chi connectivity index (χ4v) is 4.02. The average molecular weight is 396 g/mol. The van der Waals surface area contributed by atoms with E-state index in [1.807, 2.05) is 0 Å². The summed E-state index contributed by atoms with van der Waals surface area (Å²) in [5.74, 6) is 0.224. The Kier molecular flexibility index (Phi) is 5.04. The van der Waals surface area contributed by atoms with Crippen LogP contribution in [0.5, 0.6) is 0 Å². The zero-order valence-corrected chi connectivity index (χ0v) is 15.7. The summed E-state index contributed by atoms with van der Waals surface area (Å²) in [6, 6.07) is 4.61. The molecule has 1 N–H and O–H groups in total. The van der Waals surface area contributed by atoms with Crippen LogP contribution in [-0.2, 0) is 4.79 Å². The van der Waals surface area contributed by atoms with Crippen LogP contribution in [0.4, 0.5) is 16.0 Å². The van der Waals surface area contributed by atoms with E-state index in [4.69, 9.17) is 11.6 Å². The molecule has 9 heteroatoms. The van der Waals surface area contributed by atoms with Gasteiger partial charge in [0.15, 0.2) is 5.16 Å². The lowest BCUT2D eigenvalue weighted by atomic mass is 10.3. The number of carbonyl (C=O) groups excluding carboxylic acids is 1. The van der Waals surface area contributed by atoms with E-state index >= 15 is 0 Å². The van der Waals surface area contributed by atoms with Gasteiger partial charge in [0.2, 0.25) is 11.9 Å². The molecule has 2 aliphatic rings. The fraction of sp³-hybridized carbons (Fsp3) is 0.471. The van der Waals surface area contributed by atoms with Crippen LogP contribution in [0, 0.1) is 5.82 Å². The molecule has 2 fully saturated rings. The number of thioether (sulfide) groups is 1. The van der Waals surface area contributed by atoms with Gasteiger partial charge in [0.05, 0.1) is 11.4 Å². The predicted octanol–water partition coefficient (Wildman–Crippen LogP) is 3.74. The van der Waals surface area contributed by atoms with Crippen molar-refractivity contribution in [2.24, 2.45) is 0 Å². The molecule has 1 aromatic heterocycles. The van der Waals surface area contributed by atoms with Crippen molar-refractivity contribution in [3.63, 3.8) is 0 Å². The second kappa shape index (κ2) is 7.44. The Morgan fingerprint density at radius 3 is 2.77 bits per heavy atom. The summed E-state index contributed by atoms with van der Waals surface area (Å²) in [6.45, 7) is 2.01. The zero-order chi connectivity index (χ0) is 18.1. The predicted molar refractivity (Wildman–Crippen MR) is 101 cm³/mol. The van der Waals surface area contributed by atoms with Gasteiger partial charge in [-0.2, -0.15) is 0 Å². The first-order chi connectivity index (χ1) is 12.6. The average Bonchev–Trinajstić information content (AvgIpc) is 3.14. The van der Waals surface area contributed by atoms with E-state index in [9.17, 15) is 9.18 Å². The van der Waals surface area contributed by atoms with Gasteiger partial charge < -0.3 is 10.2 Å². The van der Waals surface area contributed by atoms with E-state index in [1.54, 1.807) is 6.07 Å². The van der Waals surface area contributed by atoms with Gasteiger partial charge >= 0.3 is 0 Å². The number of rotatable bonds is 6. The first-order valence-corrected chi connectivity index (χ1v) is 10.1. The number of hydrogen-bond donors (Lipinski definition) is 1. The number of amides is 1. The second-order valence-corrected chi connectivity index (χ2v) is 7.92. The Morgan fingerprint density at radius 2 is 2.08 bits per heavy atom. The standard InChI is InChI=1S/C17H19ClFN5OS/c18-11-3-6-14(13(19)9-11)20-15(25)10-26-17-22-21-16(23-7-1-2-8-23)24(17)12-4-5-12/h3,6,9,12H,1-2,4-5,7-8,10H2,(H,20,25). The number of nitrogens with one attached hydrogen (secondary N) is 1. The Morgan fingerprint density at radius 1 is 1.31 bits per heavy atom. The van der Waals surface area contributed by atoms with E-state index in [-0.39, 0.29) is 17.3 Å². The van der Waals surface area contributed by atoms with Gasteiger partial charge in [0.25, 0.3) is 0 Å². The minimum atomic E-state index is -0.548. The molecule has 0 spiro atoms. The van der Waals surface area contributed by atoms with Gasteiger partial charge in [-0.1, -0.05) is 23.4 Å². The zero-order valence-electron chi connectivity index (χ0n) is 14.1. The summed E-state index contributed by atoms with van der Waals surface area (Å²) >= 11 is 7.06. The third kappa shape index (κ3) is 3.81. The molecule has 1 aromatic carbocycles. The Bertz CT molecular complexity index is 819. The van der Waals surface area contributed by atoms with Gasteiger partial charge in [-0.05, 0) is 43.9 Å². The fourth-order valence-electron chi connectivity index (χ4n) is 3.06.